The Morgan fingerprint density at radius 1 is 0.963 bits per heavy atom. The number of halogens is 1. The van der Waals surface area contributed by atoms with Gasteiger partial charge in [-0.1, -0.05) is 84.2 Å². The van der Waals surface area contributed by atoms with Crippen molar-refractivity contribution < 1.29 is 0 Å². The van der Waals surface area contributed by atoms with E-state index in [1.54, 1.807) is 6.08 Å². The summed E-state index contributed by atoms with van der Waals surface area (Å²) >= 11 is 3.54. The molecular formula is C25H22BrN. The second-order valence-corrected chi connectivity index (χ2v) is 7.05. The van der Waals surface area contributed by atoms with Gasteiger partial charge in [0.05, 0.1) is 11.0 Å². The number of hydrogen-bond donors (Lipinski definition) is 0. The normalized spacial score (nSPS) is 12.8. The number of rotatable bonds is 6. The molecule has 1 nitrogen and oxygen atoms in total. The van der Waals surface area contributed by atoms with Gasteiger partial charge in [-0.3, -0.25) is 0 Å². The molecule has 0 aliphatic carbocycles. The Morgan fingerprint density at radius 3 is 2.04 bits per heavy atom. The highest BCUT2D eigenvalue weighted by Gasteiger charge is 2.12. The van der Waals surface area contributed by atoms with E-state index < -0.39 is 0 Å². The molecule has 2 aromatic carbocycles. The maximum absolute atomic E-state index is 4.22. The summed E-state index contributed by atoms with van der Waals surface area (Å²) in [4.78, 5) is 0. The summed E-state index contributed by atoms with van der Waals surface area (Å²) in [5, 5.41) is 2.47. The first-order valence-corrected chi connectivity index (χ1v) is 9.57. The standard InChI is InChI=1S/C25H22BrN/c1-5-11-20(17-18(3)19(4)23(26)12-6-2)27-24-15-9-7-13-21(24)22-14-8-10-16-25(22)27/h5-17H,2-4H2,1H3/b11-5-,20-17+,23-12+. The molecule has 0 bridgehead atoms. The van der Waals surface area contributed by atoms with Crippen LogP contribution in [0.25, 0.3) is 27.5 Å². The van der Waals surface area contributed by atoms with Gasteiger partial charge in [0.1, 0.15) is 0 Å². The highest BCUT2D eigenvalue weighted by Crippen LogP contribution is 2.33. The lowest BCUT2D eigenvalue weighted by atomic mass is 10.1. The second kappa shape index (κ2) is 8.24. The number of para-hydroxylation sites is 2. The average molecular weight is 416 g/mol. The van der Waals surface area contributed by atoms with Crippen LogP contribution in [-0.2, 0) is 0 Å². The van der Waals surface area contributed by atoms with Gasteiger partial charge in [-0.05, 0) is 48.4 Å². The summed E-state index contributed by atoms with van der Waals surface area (Å²) in [6.07, 6.45) is 9.81. The number of hydrogen-bond acceptors (Lipinski definition) is 0. The molecule has 27 heavy (non-hydrogen) atoms. The van der Waals surface area contributed by atoms with Crippen molar-refractivity contribution in [2.75, 3.05) is 0 Å². The van der Waals surface area contributed by atoms with E-state index in [9.17, 15) is 0 Å². The van der Waals surface area contributed by atoms with E-state index in [-0.39, 0.29) is 0 Å². The van der Waals surface area contributed by atoms with Gasteiger partial charge in [0.15, 0.2) is 0 Å². The van der Waals surface area contributed by atoms with E-state index in [4.69, 9.17) is 0 Å². The SMILES string of the molecule is C=C/C=C(/Br)C(=C)C(=C)/C=C(\C=C/C)n1c2ccccc2c2ccccc21. The molecule has 2 heteroatoms. The number of benzene rings is 2. The molecule has 0 aliphatic rings. The van der Waals surface area contributed by atoms with Gasteiger partial charge < -0.3 is 4.57 Å². The maximum atomic E-state index is 4.22. The van der Waals surface area contributed by atoms with Crippen LogP contribution in [0, 0.1) is 0 Å². The molecule has 0 radical (unpaired) electrons. The van der Waals surface area contributed by atoms with Crippen LogP contribution < -0.4 is 0 Å². The third-order valence-electron chi connectivity index (χ3n) is 4.44. The first kappa shape index (κ1) is 18.9. The molecule has 0 N–H and O–H groups in total. The Morgan fingerprint density at radius 2 is 1.52 bits per heavy atom. The van der Waals surface area contributed by atoms with Gasteiger partial charge >= 0.3 is 0 Å². The minimum atomic E-state index is 0.831. The molecule has 0 spiro atoms. The first-order chi connectivity index (χ1) is 13.1. The van der Waals surface area contributed by atoms with Crippen molar-refractivity contribution in [1.82, 2.24) is 4.57 Å². The number of nitrogens with zero attached hydrogens (tertiary/aromatic N) is 1. The van der Waals surface area contributed by atoms with Gasteiger partial charge in [-0.15, -0.1) is 0 Å². The van der Waals surface area contributed by atoms with Crippen LogP contribution in [0.3, 0.4) is 0 Å². The molecule has 1 aromatic heterocycles. The Kier molecular flexibility index (Phi) is 5.78. The number of aromatic nitrogens is 1. The van der Waals surface area contributed by atoms with Gasteiger partial charge in [0, 0.05) is 21.0 Å². The van der Waals surface area contributed by atoms with Crippen molar-refractivity contribution in [3.05, 3.63) is 114 Å². The fourth-order valence-corrected chi connectivity index (χ4v) is 3.62. The molecule has 0 atom stereocenters. The van der Waals surface area contributed by atoms with Crippen molar-refractivity contribution in [3.63, 3.8) is 0 Å². The van der Waals surface area contributed by atoms with E-state index in [0.717, 1.165) is 21.3 Å². The molecule has 3 aromatic rings. The van der Waals surface area contributed by atoms with E-state index >= 15 is 0 Å². The van der Waals surface area contributed by atoms with Gasteiger partial charge in [0.2, 0.25) is 0 Å². The molecule has 3 rings (SSSR count). The molecule has 0 fully saturated rings. The van der Waals surface area contributed by atoms with E-state index in [1.807, 2.05) is 19.1 Å². The number of allylic oxidation sites excluding steroid dienone is 9. The molecular weight excluding hydrogens is 394 g/mol. The Labute approximate surface area is 169 Å². The lowest BCUT2D eigenvalue weighted by molar-refractivity contribution is 1.23. The van der Waals surface area contributed by atoms with Crippen LogP contribution in [0.2, 0.25) is 0 Å². The Balaban J connectivity index is 2.24. The molecule has 0 saturated carbocycles. The fraction of sp³-hybridized carbons (Fsp3) is 0.0400. The summed E-state index contributed by atoms with van der Waals surface area (Å²) < 4.78 is 3.15. The zero-order chi connectivity index (χ0) is 19.4. The number of fused-ring (bicyclic) bond motifs is 3. The summed E-state index contributed by atoms with van der Waals surface area (Å²) in [5.41, 5.74) is 5.05. The minimum Gasteiger partial charge on any atom is -0.309 e. The molecule has 0 amide bonds. The van der Waals surface area contributed by atoms with Gasteiger partial charge in [0.25, 0.3) is 0 Å². The third-order valence-corrected chi connectivity index (χ3v) is 5.18. The highest BCUT2D eigenvalue weighted by molar-refractivity contribution is 9.12. The van der Waals surface area contributed by atoms with E-state index in [0.29, 0.717) is 0 Å². The van der Waals surface area contributed by atoms with Crippen LogP contribution in [0.4, 0.5) is 0 Å². The fourth-order valence-electron chi connectivity index (χ4n) is 3.18. The topological polar surface area (TPSA) is 4.93 Å². The Hall–Kier alpha value is -2.84. The van der Waals surface area contributed by atoms with Crippen molar-refractivity contribution in [1.29, 1.82) is 0 Å². The average Bonchev–Trinajstić information content (AvgIpc) is 3.01. The summed E-state index contributed by atoms with van der Waals surface area (Å²) in [6.45, 7) is 14.1. The van der Waals surface area contributed by atoms with Crippen LogP contribution in [0.5, 0.6) is 0 Å². The van der Waals surface area contributed by atoms with Gasteiger partial charge in [-0.25, -0.2) is 0 Å². The third kappa shape index (κ3) is 3.67. The lowest BCUT2D eigenvalue weighted by Crippen LogP contribution is -1.96. The largest absolute Gasteiger partial charge is 0.309 e. The van der Waals surface area contributed by atoms with Crippen LogP contribution in [0.15, 0.2) is 114 Å². The van der Waals surface area contributed by atoms with Crippen LogP contribution in [-0.4, -0.2) is 4.57 Å². The zero-order valence-corrected chi connectivity index (χ0v) is 17.0. The quantitative estimate of drug-likeness (QED) is 0.362. The summed E-state index contributed by atoms with van der Waals surface area (Å²) in [6, 6.07) is 16.9. The van der Waals surface area contributed by atoms with E-state index in [1.165, 1.54) is 21.8 Å². The molecule has 0 aliphatic heterocycles. The second-order valence-electron chi connectivity index (χ2n) is 6.19. The van der Waals surface area contributed by atoms with Crippen molar-refractivity contribution in [2.24, 2.45) is 0 Å². The summed E-state index contributed by atoms with van der Waals surface area (Å²) in [7, 11) is 0. The van der Waals surface area contributed by atoms with Crippen LogP contribution >= 0.6 is 15.9 Å². The van der Waals surface area contributed by atoms with E-state index in [2.05, 4.69) is 101 Å². The van der Waals surface area contributed by atoms with Gasteiger partial charge in [-0.2, -0.15) is 0 Å². The predicted molar refractivity (Wildman–Crippen MR) is 124 cm³/mol. The lowest BCUT2D eigenvalue weighted by Gasteiger charge is -2.11. The molecule has 1 heterocycles. The monoisotopic (exact) mass is 415 g/mol. The van der Waals surface area contributed by atoms with Crippen molar-refractivity contribution in [3.8, 4) is 0 Å². The molecule has 134 valence electrons. The predicted octanol–water partition coefficient (Wildman–Crippen LogP) is 7.79. The van der Waals surface area contributed by atoms with Crippen LogP contribution in [0.1, 0.15) is 6.92 Å². The van der Waals surface area contributed by atoms with Crippen molar-refractivity contribution in [2.45, 2.75) is 6.92 Å². The molecule has 0 unspecified atom stereocenters. The van der Waals surface area contributed by atoms with Crippen molar-refractivity contribution >= 4 is 43.4 Å². The molecule has 0 saturated heterocycles. The zero-order valence-electron chi connectivity index (χ0n) is 15.5. The summed E-state index contributed by atoms with van der Waals surface area (Å²) in [5.74, 6) is 0. The first-order valence-electron chi connectivity index (χ1n) is 8.78. The highest BCUT2D eigenvalue weighted by atomic mass is 79.9. The maximum Gasteiger partial charge on any atom is 0.0541 e. The minimum absolute atomic E-state index is 0.831. The Bertz CT molecular complexity index is 1080. The smallest absolute Gasteiger partial charge is 0.0541 e.